The Kier molecular flexibility index (Phi) is 4.62. The maximum atomic E-state index is 8.43. The number of hydrogen-bond acceptors (Lipinski definition) is 4. The van der Waals surface area contributed by atoms with Gasteiger partial charge in [-0.05, 0) is 6.07 Å². The summed E-state index contributed by atoms with van der Waals surface area (Å²) in [6.45, 7) is 4.22. The van der Waals surface area contributed by atoms with Crippen LogP contribution in [0.15, 0.2) is 23.6 Å². The standard InChI is InChI=1S/C9H17N5O/c1-8(9(10)13-15)7-11-4-6-14-5-2-3-12-14/h2-3,5,8,11,15H,4,6-7H2,1H3,(H2,10,13). The van der Waals surface area contributed by atoms with Gasteiger partial charge in [0.1, 0.15) is 5.84 Å². The van der Waals surface area contributed by atoms with E-state index < -0.39 is 0 Å². The summed E-state index contributed by atoms with van der Waals surface area (Å²) in [7, 11) is 0. The van der Waals surface area contributed by atoms with Crippen LogP contribution < -0.4 is 11.1 Å². The van der Waals surface area contributed by atoms with Crippen molar-refractivity contribution in [2.24, 2.45) is 16.8 Å². The van der Waals surface area contributed by atoms with Crippen molar-refractivity contribution in [3.8, 4) is 0 Å². The predicted molar refractivity (Wildman–Crippen MR) is 57.7 cm³/mol. The number of hydrogen-bond donors (Lipinski definition) is 3. The van der Waals surface area contributed by atoms with Crippen molar-refractivity contribution < 1.29 is 5.21 Å². The third-order valence-corrected chi connectivity index (χ3v) is 2.15. The van der Waals surface area contributed by atoms with E-state index in [1.807, 2.05) is 23.9 Å². The minimum Gasteiger partial charge on any atom is -0.409 e. The lowest BCUT2D eigenvalue weighted by Crippen LogP contribution is -2.32. The second-order valence-corrected chi connectivity index (χ2v) is 3.40. The molecule has 1 unspecified atom stereocenters. The Bertz CT molecular complexity index is 295. The maximum absolute atomic E-state index is 8.43. The van der Waals surface area contributed by atoms with Crippen molar-refractivity contribution in [1.29, 1.82) is 0 Å². The van der Waals surface area contributed by atoms with Gasteiger partial charge in [0.05, 0.1) is 6.54 Å². The van der Waals surface area contributed by atoms with E-state index in [0.717, 1.165) is 13.1 Å². The van der Waals surface area contributed by atoms with Crippen LogP contribution in [0.4, 0.5) is 0 Å². The van der Waals surface area contributed by atoms with Gasteiger partial charge >= 0.3 is 0 Å². The minimum atomic E-state index is 0.0348. The van der Waals surface area contributed by atoms with Crippen LogP contribution >= 0.6 is 0 Å². The van der Waals surface area contributed by atoms with Crippen LogP contribution in [0.5, 0.6) is 0 Å². The molecular weight excluding hydrogens is 194 g/mol. The average molecular weight is 211 g/mol. The highest BCUT2D eigenvalue weighted by Gasteiger charge is 2.05. The molecule has 0 aliphatic heterocycles. The Hall–Kier alpha value is -1.56. The highest BCUT2D eigenvalue weighted by molar-refractivity contribution is 5.82. The summed E-state index contributed by atoms with van der Waals surface area (Å²) in [6.07, 6.45) is 3.66. The monoisotopic (exact) mass is 211 g/mol. The lowest BCUT2D eigenvalue weighted by Gasteiger charge is -2.10. The second kappa shape index (κ2) is 6.02. The lowest BCUT2D eigenvalue weighted by molar-refractivity contribution is 0.314. The summed E-state index contributed by atoms with van der Waals surface area (Å²) in [5.41, 5.74) is 5.44. The highest BCUT2D eigenvalue weighted by Crippen LogP contribution is 1.91. The van der Waals surface area contributed by atoms with Crippen LogP contribution in [0.25, 0.3) is 0 Å². The molecule has 1 atom stereocenters. The maximum Gasteiger partial charge on any atom is 0.143 e. The van der Waals surface area contributed by atoms with Crippen LogP contribution in [-0.2, 0) is 6.54 Å². The molecule has 0 bridgehead atoms. The summed E-state index contributed by atoms with van der Waals surface area (Å²) in [5, 5.41) is 18.7. The Balaban J connectivity index is 2.12. The van der Waals surface area contributed by atoms with Crippen molar-refractivity contribution in [1.82, 2.24) is 15.1 Å². The smallest absolute Gasteiger partial charge is 0.143 e. The number of nitrogens with zero attached hydrogens (tertiary/aromatic N) is 3. The van der Waals surface area contributed by atoms with E-state index >= 15 is 0 Å². The third-order valence-electron chi connectivity index (χ3n) is 2.15. The average Bonchev–Trinajstić information content (AvgIpc) is 2.75. The van der Waals surface area contributed by atoms with E-state index in [-0.39, 0.29) is 11.8 Å². The molecule has 1 rings (SSSR count). The van der Waals surface area contributed by atoms with Gasteiger partial charge in [-0.2, -0.15) is 5.10 Å². The van der Waals surface area contributed by atoms with Gasteiger partial charge in [0.25, 0.3) is 0 Å². The van der Waals surface area contributed by atoms with E-state index in [1.165, 1.54) is 0 Å². The van der Waals surface area contributed by atoms with Gasteiger partial charge in [-0.1, -0.05) is 12.1 Å². The molecule has 0 aliphatic carbocycles. The molecule has 0 radical (unpaired) electrons. The molecular formula is C9H17N5O. The molecule has 84 valence electrons. The lowest BCUT2D eigenvalue weighted by atomic mass is 10.1. The van der Waals surface area contributed by atoms with Crippen LogP contribution in [-0.4, -0.2) is 33.9 Å². The number of aromatic nitrogens is 2. The van der Waals surface area contributed by atoms with Crippen molar-refractivity contribution >= 4 is 5.84 Å². The normalized spacial score (nSPS) is 14.1. The molecule has 0 fully saturated rings. The fraction of sp³-hybridized carbons (Fsp3) is 0.556. The second-order valence-electron chi connectivity index (χ2n) is 3.40. The Morgan fingerprint density at radius 2 is 2.53 bits per heavy atom. The molecule has 1 aromatic heterocycles. The molecule has 0 amide bonds. The SMILES string of the molecule is CC(CNCCn1cccn1)C(N)=NO. The number of nitrogens with two attached hydrogens (primary N) is 1. The molecule has 6 heteroatoms. The largest absolute Gasteiger partial charge is 0.409 e. The molecule has 0 aliphatic rings. The van der Waals surface area contributed by atoms with E-state index in [1.54, 1.807) is 6.20 Å². The van der Waals surface area contributed by atoms with Gasteiger partial charge in [-0.3, -0.25) is 4.68 Å². The Morgan fingerprint density at radius 3 is 3.13 bits per heavy atom. The zero-order chi connectivity index (χ0) is 11.1. The van der Waals surface area contributed by atoms with Crippen LogP contribution in [0.1, 0.15) is 6.92 Å². The Morgan fingerprint density at radius 1 is 1.73 bits per heavy atom. The third kappa shape index (κ3) is 3.99. The zero-order valence-electron chi connectivity index (χ0n) is 8.80. The fourth-order valence-corrected chi connectivity index (χ4v) is 1.15. The summed E-state index contributed by atoms with van der Waals surface area (Å²) in [6, 6.07) is 1.89. The molecule has 1 heterocycles. The molecule has 0 saturated carbocycles. The van der Waals surface area contributed by atoms with E-state index in [9.17, 15) is 0 Å². The topological polar surface area (TPSA) is 88.5 Å². The molecule has 1 aromatic rings. The van der Waals surface area contributed by atoms with Gasteiger partial charge < -0.3 is 16.3 Å². The Labute approximate surface area is 88.8 Å². The molecule has 6 nitrogen and oxygen atoms in total. The molecule has 15 heavy (non-hydrogen) atoms. The number of oxime groups is 1. The van der Waals surface area contributed by atoms with Crippen LogP contribution in [0.3, 0.4) is 0 Å². The van der Waals surface area contributed by atoms with Gasteiger partial charge in [0.15, 0.2) is 0 Å². The van der Waals surface area contributed by atoms with Crippen molar-refractivity contribution in [3.63, 3.8) is 0 Å². The summed E-state index contributed by atoms with van der Waals surface area (Å²) in [5.74, 6) is 0.286. The van der Waals surface area contributed by atoms with Crippen molar-refractivity contribution in [2.45, 2.75) is 13.5 Å². The van der Waals surface area contributed by atoms with Crippen LogP contribution in [0.2, 0.25) is 0 Å². The molecule has 0 aromatic carbocycles. The first-order chi connectivity index (χ1) is 7.24. The van der Waals surface area contributed by atoms with E-state index in [0.29, 0.717) is 6.54 Å². The van der Waals surface area contributed by atoms with Gasteiger partial charge in [0, 0.05) is 31.4 Å². The van der Waals surface area contributed by atoms with E-state index in [2.05, 4.69) is 15.6 Å². The van der Waals surface area contributed by atoms with Gasteiger partial charge in [-0.25, -0.2) is 0 Å². The molecule has 0 saturated heterocycles. The van der Waals surface area contributed by atoms with E-state index in [4.69, 9.17) is 10.9 Å². The molecule has 0 spiro atoms. The number of rotatable bonds is 6. The predicted octanol–water partition coefficient (Wildman–Crippen LogP) is -0.145. The van der Waals surface area contributed by atoms with Crippen molar-refractivity contribution in [2.75, 3.05) is 13.1 Å². The highest BCUT2D eigenvalue weighted by atomic mass is 16.4. The van der Waals surface area contributed by atoms with Gasteiger partial charge in [0.2, 0.25) is 0 Å². The number of nitrogens with one attached hydrogen (secondary N) is 1. The number of amidine groups is 1. The molecule has 4 N–H and O–H groups in total. The minimum absolute atomic E-state index is 0.0348. The first kappa shape index (κ1) is 11.5. The fourth-order valence-electron chi connectivity index (χ4n) is 1.15. The quantitative estimate of drug-likeness (QED) is 0.201. The summed E-state index contributed by atoms with van der Waals surface area (Å²) >= 11 is 0. The first-order valence-electron chi connectivity index (χ1n) is 4.89. The van der Waals surface area contributed by atoms with Crippen molar-refractivity contribution in [3.05, 3.63) is 18.5 Å². The first-order valence-corrected chi connectivity index (χ1v) is 4.89. The zero-order valence-corrected chi connectivity index (χ0v) is 8.80. The van der Waals surface area contributed by atoms with Gasteiger partial charge in [-0.15, -0.1) is 0 Å². The van der Waals surface area contributed by atoms with Crippen LogP contribution in [0, 0.1) is 5.92 Å². The summed E-state index contributed by atoms with van der Waals surface area (Å²) in [4.78, 5) is 0. The summed E-state index contributed by atoms with van der Waals surface area (Å²) < 4.78 is 1.85.